The van der Waals surface area contributed by atoms with Crippen molar-refractivity contribution in [3.8, 4) is 28.7 Å². The Morgan fingerprint density at radius 1 is 0.833 bits per heavy atom. The molecule has 2 fully saturated rings. The van der Waals surface area contributed by atoms with E-state index in [1.54, 1.807) is 30.3 Å². The summed E-state index contributed by atoms with van der Waals surface area (Å²) >= 11 is 0. The van der Waals surface area contributed by atoms with Gasteiger partial charge in [-0.15, -0.1) is 0 Å². The quantitative estimate of drug-likeness (QED) is 0.139. The maximum absolute atomic E-state index is 13.5. The maximum Gasteiger partial charge on any atom is 0.340 e. The average molecular weight is 646 g/mol. The number of aliphatic hydroxyl groups excluding tert-OH is 1. The Morgan fingerprint density at radius 2 is 1.52 bits per heavy atom. The highest BCUT2D eigenvalue weighted by molar-refractivity contribution is 6.03. The molecular weight excluding hydrogens is 610 g/mol. The van der Waals surface area contributed by atoms with Crippen LogP contribution < -0.4 is 4.74 Å². The molecule has 9 heteroatoms. The minimum absolute atomic E-state index is 0.00386. The smallest absolute Gasteiger partial charge is 0.340 e. The summed E-state index contributed by atoms with van der Waals surface area (Å²) < 4.78 is 12.2. The molecule has 4 aromatic carbocycles. The van der Waals surface area contributed by atoms with Gasteiger partial charge in [0.15, 0.2) is 5.60 Å². The first-order chi connectivity index (χ1) is 23.2. The first-order valence-electron chi connectivity index (χ1n) is 16.6. The molecule has 0 radical (unpaired) electrons. The molecule has 2 saturated carbocycles. The van der Waals surface area contributed by atoms with Crippen LogP contribution in [0.2, 0.25) is 0 Å². The molecule has 3 aliphatic carbocycles. The van der Waals surface area contributed by atoms with Crippen molar-refractivity contribution < 1.29 is 39.5 Å². The van der Waals surface area contributed by atoms with E-state index in [1.807, 2.05) is 18.2 Å². The summed E-state index contributed by atoms with van der Waals surface area (Å²) in [6, 6.07) is 20.4. The summed E-state index contributed by atoms with van der Waals surface area (Å²) in [6.45, 7) is 2.34. The van der Waals surface area contributed by atoms with Gasteiger partial charge in [-0.25, -0.2) is 4.79 Å². The third-order valence-electron chi connectivity index (χ3n) is 11.8. The molecule has 48 heavy (non-hydrogen) atoms. The van der Waals surface area contributed by atoms with Crippen LogP contribution in [-0.4, -0.2) is 38.2 Å². The summed E-state index contributed by atoms with van der Waals surface area (Å²) in [6.07, 6.45) is 4.23. The van der Waals surface area contributed by atoms with E-state index in [4.69, 9.17) is 14.3 Å². The van der Waals surface area contributed by atoms with E-state index in [1.165, 1.54) is 29.8 Å². The molecular formula is C39H35NO8. The molecule has 0 saturated heterocycles. The lowest BCUT2D eigenvalue weighted by molar-refractivity contribution is -0.0179. The zero-order chi connectivity index (χ0) is 32.9. The number of aliphatic hydroxyl groups is 1. The lowest BCUT2D eigenvalue weighted by Crippen LogP contribution is -2.45. The molecule has 2 aliphatic heterocycles. The number of phenolic OH excluding ortho intramolecular Hbond substituents is 3. The SMILES string of the molecule is C[C@]12CC[C@@H]3c4ccc(O)cc4/C(=N/OCc4ccc5c(c4)C(=O)OC54c5ccc(O)cc5Oc5cc(O)ccc54)C[C@H]3[C@@H]1CC[C@@H]2O. The van der Waals surface area contributed by atoms with Crippen LogP contribution in [0, 0.1) is 17.3 Å². The van der Waals surface area contributed by atoms with Crippen LogP contribution in [0.5, 0.6) is 28.7 Å². The van der Waals surface area contributed by atoms with Crippen molar-refractivity contribution in [3.63, 3.8) is 0 Å². The number of nitrogens with zero attached hydrogens (tertiary/aromatic N) is 1. The lowest BCUT2D eigenvalue weighted by Gasteiger charge is -2.50. The molecule has 244 valence electrons. The number of hydrogen-bond acceptors (Lipinski definition) is 9. The second-order valence-corrected chi connectivity index (χ2v) is 14.2. The van der Waals surface area contributed by atoms with E-state index in [0.717, 1.165) is 42.5 Å². The van der Waals surface area contributed by atoms with Gasteiger partial charge in [0.1, 0.15) is 35.4 Å². The summed E-state index contributed by atoms with van der Waals surface area (Å²) in [5, 5.41) is 46.3. The van der Waals surface area contributed by atoms with Crippen molar-refractivity contribution in [2.45, 2.75) is 63.3 Å². The topological polar surface area (TPSA) is 138 Å². The van der Waals surface area contributed by atoms with Gasteiger partial charge in [0.2, 0.25) is 0 Å². The number of aromatic hydroxyl groups is 3. The summed E-state index contributed by atoms with van der Waals surface area (Å²) in [5.41, 5.74) is 4.30. The van der Waals surface area contributed by atoms with Crippen molar-refractivity contribution in [1.29, 1.82) is 0 Å². The Labute approximate surface area is 277 Å². The predicted octanol–water partition coefficient (Wildman–Crippen LogP) is 6.97. The number of rotatable bonds is 3. The monoisotopic (exact) mass is 645 g/mol. The summed E-state index contributed by atoms with van der Waals surface area (Å²) in [7, 11) is 0. The Morgan fingerprint density at radius 3 is 2.27 bits per heavy atom. The molecule has 9 rings (SSSR count). The summed E-state index contributed by atoms with van der Waals surface area (Å²) in [5.74, 6) is 1.39. The number of phenols is 3. The van der Waals surface area contributed by atoms with Gasteiger partial charge in [0.25, 0.3) is 0 Å². The van der Waals surface area contributed by atoms with Crippen LogP contribution in [0.4, 0.5) is 0 Å². The zero-order valence-corrected chi connectivity index (χ0v) is 26.3. The van der Waals surface area contributed by atoms with Crippen LogP contribution in [-0.2, 0) is 21.8 Å². The largest absolute Gasteiger partial charge is 0.508 e. The van der Waals surface area contributed by atoms with Gasteiger partial charge in [-0.2, -0.15) is 0 Å². The third-order valence-corrected chi connectivity index (χ3v) is 11.8. The minimum atomic E-state index is -1.33. The first kappa shape index (κ1) is 29.1. The van der Waals surface area contributed by atoms with E-state index >= 15 is 0 Å². The second-order valence-electron chi connectivity index (χ2n) is 14.2. The van der Waals surface area contributed by atoms with Crippen LogP contribution in [0.1, 0.15) is 88.7 Å². The van der Waals surface area contributed by atoms with E-state index in [0.29, 0.717) is 57.9 Å². The summed E-state index contributed by atoms with van der Waals surface area (Å²) in [4.78, 5) is 19.5. The van der Waals surface area contributed by atoms with Gasteiger partial charge in [-0.05, 0) is 109 Å². The fourth-order valence-corrected chi connectivity index (χ4v) is 9.50. The standard InChI is InChI=1S/C39H35NO8/c1-38-13-12-25-24-6-3-21(41)15-27(24)33(18-26(25)29(38)10-11-36(38)44)40-46-19-20-2-7-30-28(14-20)37(45)48-39(30)31-8-4-22(42)16-34(31)47-35-17-23(43)5-9-32(35)39/h2-9,14-17,25-26,29,36,41-44H,10-13,18-19H2,1H3/b40-33+/t25-,26-,29+,36+,38+/m1/s1. The van der Waals surface area contributed by atoms with Crippen LogP contribution in [0.25, 0.3) is 0 Å². The molecule has 0 amide bonds. The fraction of sp³-hybridized carbons (Fsp3) is 0.333. The molecule has 5 atom stereocenters. The molecule has 1 spiro atoms. The number of fused-ring (bicyclic) bond motifs is 11. The van der Waals surface area contributed by atoms with Crippen molar-refractivity contribution in [2.75, 3.05) is 0 Å². The van der Waals surface area contributed by atoms with Crippen molar-refractivity contribution >= 4 is 11.7 Å². The molecule has 9 nitrogen and oxygen atoms in total. The Hall–Kier alpha value is -5.02. The zero-order valence-electron chi connectivity index (χ0n) is 26.3. The van der Waals surface area contributed by atoms with E-state index in [2.05, 4.69) is 12.1 Å². The highest BCUT2D eigenvalue weighted by Crippen LogP contribution is 2.61. The normalized spacial score (nSPS) is 28.0. The third kappa shape index (κ3) is 4.06. The van der Waals surface area contributed by atoms with Crippen molar-refractivity contribution in [3.05, 3.63) is 112 Å². The predicted molar refractivity (Wildman–Crippen MR) is 174 cm³/mol. The van der Waals surface area contributed by atoms with Gasteiger partial charge < -0.3 is 34.7 Å². The van der Waals surface area contributed by atoms with Crippen LogP contribution in [0.15, 0.2) is 78.0 Å². The lowest BCUT2D eigenvalue weighted by atomic mass is 9.55. The number of benzene rings is 4. The highest BCUT2D eigenvalue weighted by Gasteiger charge is 2.56. The average Bonchev–Trinajstić information content (AvgIpc) is 3.53. The number of oxime groups is 1. The van der Waals surface area contributed by atoms with E-state index in [-0.39, 0.29) is 35.4 Å². The Balaban J connectivity index is 1.04. The fourth-order valence-electron chi connectivity index (χ4n) is 9.50. The van der Waals surface area contributed by atoms with Gasteiger partial charge in [0, 0.05) is 34.4 Å². The molecule has 5 aliphatic rings. The second kappa shape index (κ2) is 10.2. The van der Waals surface area contributed by atoms with Gasteiger partial charge >= 0.3 is 5.97 Å². The Kier molecular flexibility index (Phi) is 6.22. The Bertz CT molecular complexity index is 2000. The molecule has 4 aromatic rings. The molecule has 2 heterocycles. The number of ether oxygens (including phenoxy) is 2. The molecule has 4 N–H and O–H groups in total. The van der Waals surface area contributed by atoms with E-state index < -0.39 is 11.6 Å². The maximum atomic E-state index is 13.5. The van der Waals surface area contributed by atoms with Gasteiger partial charge in [-0.1, -0.05) is 30.3 Å². The number of carbonyl (C=O) groups excluding carboxylic acids is 1. The van der Waals surface area contributed by atoms with Crippen molar-refractivity contribution in [1.82, 2.24) is 0 Å². The highest BCUT2D eigenvalue weighted by atomic mass is 16.6. The van der Waals surface area contributed by atoms with Gasteiger partial charge in [-0.3, -0.25) is 0 Å². The van der Waals surface area contributed by atoms with Crippen LogP contribution in [0.3, 0.4) is 0 Å². The first-order valence-corrected chi connectivity index (χ1v) is 16.6. The number of hydrogen-bond donors (Lipinski definition) is 4. The van der Waals surface area contributed by atoms with Crippen LogP contribution >= 0.6 is 0 Å². The molecule has 0 aromatic heterocycles. The van der Waals surface area contributed by atoms with Gasteiger partial charge in [0.05, 0.1) is 17.4 Å². The molecule has 0 unspecified atom stereocenters. The molecule has 0 bridgehead atoms. The number of esters is 1. The van der Waals surface area contributed by atoms with Crippen molar-refractivity contribution in [2.24, 2.45) is 22.4 Å². The minimum Gasteiger partial charge on any atom is -0.508 e. The van der Waals surface area contributed by atoms with E-state index in [9.17, 15) is 25.2 Å². The number of carbonyl (C=O) groups is 1.